The second kappa shape index (κ2) is 11.7. The van der Waals surface area contributed by atoms with Gasteiger partial charge >= 0.3 is 0 Å². The fourth-order valence-electron chi connectivity index (χ4n) is 6.09. The zero-order valence-electron chi connectivity index (χ0n) is 21.2. The van der Waals surface area contributed by atoms with E-state index in [9.17, 15) is 4.79 Å². The maximum absolute atomic E-state index is 13.4. The first-order chi connectivity index (χ1) is 17.6. The SMILES string of the molecule is Cc1n(C2CCC(C(C(N)=O)(c3ccccc3)c3ccccc3)C2)cc[n+]1CC=Cc1ccccc1.[Br-]. The number of benzene rings is 3. The lowest BCUT2D eigenvalue weighted by atomic mass is 9.64. The zero-order chi connectivity index (χ0) is 25.0. The molecule has 4 nitrogen and oxygen atoms in total. The third-order valence-corrected chi connectivity index (χ3v) is 7.87. The van der Waals surface area contributed by atoms with Crippen LogP contribution in [-0.2, 0) is 16.8 Å². The number of aromatic nitrogens is 2. The molecule has 5 rings (SSSR count). The summed E-state index contributed by atoms with van der Waals surface area (Å²) in [7, 11) is 0. The number of hydrogen-bond donors (Lipinski definition) is 1. The van der Waals surface area contributed by atoms with Crippen molar-refractivity contribution in [3.63, 3.8) is 0 Å². The van der Waals surface area contributed by atoms with Crippen LogP contribution in [0.25, 0.3) is 6.08 Å². The molecule has 2 N–H and O–H groups in total. The van der Waals surface area contributed by atoms with Gasteiger partial charge in [0.2, 0.25) is 5.91 Å². The van der Waals surface area contributed by atoms with E-state index in [2.05, 4.69) is 89.1 Å². The lowest BCUT2D eigenvalue weighted by molar-refractivity contribution is -0.692. The van der Waals surface area contributed by atoms with E-state index in [0.29, 0.717) is 6.04 Å². The molecule has 3 aromatic carbocycles. The van der Waals surface area contributed by atoms with E-state index in [1.54, 1.807) is 0 Å². The Labute approximate surface area is 230 Å². The van der Waals surface area contributed by atoms with E-state index in [1.807, 2.05) is 42.5 Å². The Balaban J connectivity index is 0.00000320. The summed E-state index contributed by atoms with van der Waals surface area (Å²) in [5.74, 6) is 1.08. The molecule has 2 atom stereocenters. The van der Waals surface area contributed by atoms with Crippen LogP contribution in [0.2, 0.25) is 0 Å². The number of halogens is 1. The van der Waals surface area contributed by atoms with Crippen LogP contribution in [0.3, 0.4) is 0 Å². The molecular weight excluding hydrogens is 522 g/mol. The summed E-state index contributed by atoms with van der Waals surface area (Å²) in [6, 6.07) is 30.9. The number of rotatable bonds is 8. The highest BCUT2D eigenvalue weighted by Crippen LogP contribution is 2.49. The minimum absolute atomic E-state index is 0. The van der Waals surface area contributed by atoms with Crippen molar-refractivity contribution in [1.82, 2.24) is 4.57 Å². The number of nitrogens with two attached hydrogens (primary N) is 1. The number of nitrogens with zero attached hydrogens (tertiary/aromatic N) is 2. The van der Waals surface area contributed by atoms with Crippen LogP contribution in [0.15, 0.2) is 109 Å². The molecule has 0 spiro atoms. The summed E-state index contributed by atoms with van der Waals surface area (Å²) in [6.45, 7) is 3.00. The van der Waals surface area contributed by atoms with Crippen LogP contribution in [-0.4, -0.2) is 10.5 Å². The van der Waals surface area contributed by atoms with Gasteiger partial charge in [-0.3, -0.25) is 4.79 Å². The number of carbonyl (C=O) groups is 1. The molecule has 0 aliphatic heterocycles. The van der Waals surface area contributed by atoms with Crippen LogP contribution < -0.4 is 27.3 Å². The van der Waals surface area contributed by atoms with Gasteiger partial charge in [0.1, 0.15) is 30.4 Å². The quantitative estimate of drug-likeness (QED) is 0.334. The van der Waals surface area contributed by atoms with Gasteiger partial charge in [-0.25, -0.2) is 9.13 Å². The van der Waals surface area contributed by atoms with Gasteiger partial charge in [0, 0.05) is 6.92 Å². The zero-order valence-corrected chi connectivity index (χ0v) is 22.8. The van der Waals surface area contributed by atoms with Gasteiger partial charge in [-0.1, -0.05) is 97.1 Å². The average molecular weight is 557 g/mol. The fourth-order valence-corrected chi connectivity index (χ4v) is 6.09. The van der Waals surface area contributed by atoms with Crippen LogP contribution in [0.4, 0.5) is 0 Å². The van der Waals surface area contributed by atoms with Gasteiger partial charge in [0.05, 0.1) is 0 Å². The van der Waals surface area contributed by atoms with E-state index in [1.165, 1.54) is 11.4 Å². The maximum atomic E-state index is 13.4. The van der Waals surface area contributed by atoms with Crippen molar-refractivity contribution in [2.45, 2.75) is 44.2 Å². The highest BCUT2D eigenvalue weighted by Gasteiger charge is 2.51. The minimum Gasteiger partial charge on any atom is -1.00 e. The molecule has 1 saturated carbocycles. The molecule has 0 radical (unpaired) electrons. The molecule has 1 amide bonds. The molecule has 4 aromatic rings. The highest BCUT2D eigenvalue weighted by atomic mass is 79.9. The average Bonchev–Trinajstić information content (AvgIpc) is 3.53. The van der Waals surface area contributed by atoms with Crippen LogP contribution >= 0.6 is 0 Å². The topological polar surface area (TPSA) is 51.9 Å². The molecule has 0 bridgehead atoms. The molecule has 0 saturated heterocycles. The predicted molar refractivity (Wildman–Crippen MR) is 144 cm³/mol. The van der Waals surface area contributed by atoms with Gasteiger partial charge in [0.15, 0.2) is 0 Å². The largest absolute Gasteiger partial charge is 1.00 e. The first-order valence-electron chi connectivity index (χ1n) is 12.8. The van der Waals surface area contributed by atoms with Crippen LogP contribution in [0.5, 0.6) is 0 Å². The Morgan fingerprint density at radius 3 is 2.08 bits per heavy atom. The highest BCUT2D eigenvalue weighted by molar-refractivity contribution is 5.91. The molecule has 190 valence electrons. The molecule has 1 fully saturated rings. The number of allylic oxidation sites excluding steroid dienone is 1. The van der Waals surface area contributed by atoms with E-state index in [4.69, 9.17) is 5.73 Å². The van der Waals surface area contributed by atoms with Gasteiger partial charge in [-0.2, -0.15) is 0 Å². The Kier molecular flexibility index (Phi) is 8.45. The third kappa shape index (κ3) is 5.19. The molecule has 2 unspecified atom stereocenters. The summed E-state index contributed by atoms with van der Waals surface area (Å²) < 4.78 is 4.67. The third-order valence-electron chi connectivity index (χ3n) is 7.87. The molecule has 37 heavy (non-hydrogen) atoms. The molecule has 1 heterocycles. The van der Waals surface area contributed by atoms with Crippen LogP contribution in [0.1, 0.15) is 47.8 Å². The minimum atomic E-state index is -0.841. The number of imidazole rings is 1. The smallest absolute Gasteiger partial charge is 0.253 e. The first-order valence-corrected chi connectivity index (χ1v) is 12.8. The van der Waals surface area contributed by atoms with Crippen molar-refractivity contribution in [3.05, 3.63) is 132 Å². The normalized spacial score (nSPS) is 17.5. The summed E-state index contributed by atoms with van der Waals surface area (Å²) in [5, 5.41) is 0. The Bertz CT molecular complexity index is 1290. The fraction of sp³-hybridized carbons (Fsp3) is 0.250. The predicted octanol–water partition coefficient (Wildman–Crippen LogP) is 2.61. The molecular formula is C32H34BrN3O. The second-order valence-electron chi connectivity index (χ2n) is 9.79. The van der Waals surface area contributed by atoms with E-state index in [-0.39, 0.29) is 28.8 Å². The number of hydrogen-bond acceptors (Lipinski definition) is 1. The number of carbonyl (C=O) groups excluding carboxylic acids is 1. The maximum Gasteiger partial charge on any atom is 0.253 e. The number of primary amides is 1. The lowest BCUT2D eigenvalue weighted by Gasteiger charge is -2.37. The van der Waals surface area contributed by atoms with Gasteiger partial charge in [-0.15, -0.1) is 0 Å². The van der Waals surface area contributed by atoms with Crippen molar-refractivity contribution in [1.29, 1.82) is 0 Å². The van der Waals surface area contributed by atoms with E-state index < -0.39 is 5.41 Å². The monoisotopic (exact) mass is 555 g/mol. The van der Waals surface area contributed by atoms with Gasteiger partial charge in [0.25, 0.3) is 5.82 Å². The van der Waals surface area contributed by atoms with Crippen molar-refractivity contribution in [2.24, 2.45) is 11.7 Å². The standard InChI is InChI=1S/C32H33N3O.BrH/c1-25-34(21-11-14-26-12-5-2-6-13-26)22-23-35(25)30-20-19-29(24-30)32(31(33)36,27-15-7-3-8-16-27)28-17-9-4-10-18-28;/h2-18,22-23,29-30H,19-21,24H2,1H3,(H-,33,36);1H. The van der Waals surface area contributed by atoms with Crippen LogP contribution in [0, 0.1) is 12.8 Å². The number of amides is 1. The first kappa shape index (κ1) is 26.6. The van der Waals surface area contributed by atoms with E-state index in [0.717, 1.165) is 36.9 Å². The van der Waals surface area contributed by atoms with Crippen molar-refractivity contribution in [3.8, 4) is 0 Å². The van der Waals surface area contributed by atoms with Crippen molar-refractivity contribution >= 4 is 12.0 Å². The Morgan fingerprint density at radius 1 is 0.946 bits per heavy atom. The Morgan fingerprint density at radius 2 is 1.51 bits per heavy atom. The summed E-state index contributed by atoms with van der Waals surface area (Å²) in [4.78, 5) is 13.4. The molecule has 5 heteroatoms. The second-order valence-corrected chi connectivity index (χ2v) is 9.79. The molecule has 1 aliphatic rings. The Hall–Kier alpha value is -3.44. The summed E-state index contributed by atoms with van der Waals surface area (Å²) in [6.07, 6.45) is 11.6. The van der Waals surface area contributed by atoms with Crippen molar-refractivity contribution in [2.75, 3.05) is 0 Å². The summed E-state index contributed by atoms with van der Waals surface area (Å²) >= 11 is 0. The summed E-state index contributed by atoms with van der Waals surface area (Å²) in [5.41, 5.74) is 8.62. The lowest BCUT2D eigenvalue weighted by Crippen LogP contribution is -3.00. The van der Waals surface area contributed by atoms with Crippen molar-refractivity contribution < 1.29 is 26.3 Å². The van der Waals surface area contributed by atoms with E-state index >= 15 is 0 Å². The molecule has 1 aromatic heterocycles. The van der Waals surface area contributed by atoms with Gasteiger partial charge < -0.3 is 22.7 Å². The molecule has 1 aliphatic carbocycles. The van der Waals surface area contributed by atoms with Gasteiger partial charge in [-0.05, 0) is 47.9 Å².